The van der Waals surface area contributed by atoms with Crippen molar-refractivity contribution in [1.29, 1.82) is 0 Å². The molecule has 0 aromatic heterocycles. The molecule has 0 aliphatic carbocycles. The summed E-state index contributed by atoms with van der Waals surface area (Å²) in [5.74, 6) is 0.974. The molecule has 0 saturated heterocycles. The predicted molar refractivity (Wildman–Crippen MR) is 49.6 cm³/mol. The van der Waals surface area contributed by atoms with E-state index < -0.39 is 0 Å². The Morgan fingerprint density at radius 3 is 3.17 bits per heavy atom. The van der Waals surface area contributed by atoms with E-state index in [0.29, 0.717) is 6.04 Å². The Balaban J connectivity index is 2.31. The summed E-state index contributed by atoms with van der Waals surface area (Å²) in [6, 6.07) is 8.58. The smallest absolute Gasteiger partial charge is 0.142 e. The van der Waals surface area contributed by atoms with E-state index in [-0.39, 0.29) is 0 Å². The van der Waals surface area contributed by atoms with Gasteiger partial charge < -0.3 is 10.1 Å². The highest BCUT2D eigenvalue weighted by molar-refractivity contribution is 5.57. The zero-order valence-corrected chi connectivity index (χ0v) is 7.21. The van der Waals surface area contributed by atoms with Crippen molar-refractivity contribution >= 4 is 5.69 Å². The Hall–Kier alpha value is -1.18. The zero-order valence-electron chi connectivity index (χ0n) is 7.21. The van der Waals surface area contributed by atoms with Crippen molar-refractivity contribution in [3.05, 3.63) is 24.3 Å². The SMILES string of the molecule is CC1CCOc2ccccc2N1. The van der Waals surface area contributed by atoms with Crippen LogP contribution in [-0.2, 0) is 0 Å². The molecule has 2 rings (SSSR count). The monoisotopic (exact) mass is 163 g/mol. The van der Waals surface area contributed by atoms with Crippen LogP contribution < -0.4 is 10.1 Å². The molecule has 64 valence electrons. The first-order chi connectivity index (χ1) is 5.86. The van der Waals surface area contributed by atoms with Gasteiger partial charge in [0.15, 0.2) is 0 Å². The van der Waals surface area contributed by atoms with Gasteiger partial charge in [0.1, 0.15) is 5.75 Å². The summed E-state index contributed by atoms with van der Waals surface area (Å²) in [4.78, 5) is 0. The van der Waals surface area contributed by atoms with E-state index in [1.165, 1.54) is 0 Å². The lowest BCUT2D eigenvalue weighted by molar-refractivity contribution is 0.314. The second-order valence-electron chi connectivity index (χ2n) is 3.18. The number of hydrogen-bond acceptors (Lipinski definition) is 2. The number of anilines is 1. The Morgan fingerprint density at radius 1 is 1.42 bits per heavy atom. The molecule has 1 aliphatic rings. The molecule has 1 aliphatic heterocycles. The second-order valence-corrected chi connectivity index (χ2v) is 3.18. The Bertz CT molecular complexity index is 272. The molecule has 1 heterocycles. The molecule has 12 heavy (non-hydrogen) atoms. The molecule has 2 nitrogen and oxygen atoms in total. The minimum absolute atomic E-state index is 0.508. The fourth-order valence-electron chi connectivity index (χ4n) is 1.40. The van der Waals surface area contributed by atoms with Gasteiger partial charge in [0, 0.05) is 12.5 Å². The van der Waals surface area contributed by atoms with Gasteiger partial charge in [-0.1, -0.05) is 12.1 Å². The lowest BCUT2D eigenvalue weighted by Gasteiger charge is -2.10. The molecule has 2 heteroatoms. The van der Waals surface area contributed by atoms with Crippen molar-refractivity contribution in [2.75, 3.05) is 11.9 Å². The van der Waals surface area contributed by atoms with Crippen LogP contribution in [0.25, 0.3) is 0 Å². The highest BCUT2D eigenvalue weighted by atomic mass is 16.5. The van der Waals surface area contributed by atoms with Gasteiger partial charge in [0.05, 0.1) is 12.3 Å². The van der Waals surface area contributed by atoms with Crippen LogP contribution in [0.1, 0.15) is 13.3 Å². The lowest BCUT2D eigenvalue weighted by atomic mass is 10.2. The lowest BCUT2D eigenvalue weighted by Crippen LogP contribution is -2.14. The van der Waals surface area contributed by atoms with Crippen LogP contribution in [0.15, 0.2) is 24.3 Å². The Morgan fingerprint density at radius 2 is 2.25 bits per heavy atom. The number of nitrogens with one attached hydrogen (secondary N) is 1. The van der Waals surface area contributed by atoms with Crippen LogP contribution in [0.5, 0.6) is 5.75 Å². The van der Waals surface area contributed by atoms with Gasteiger partial charge >= 0.3 is 0 Å². The molecule has 0 bridgehead atoms. The van der Waals surface area contributed by atoms with E-state index in [4.69, 9.17) is 4.74 Å². The summed E-state index contributed by atoms with van der Waals surface area (Å²) in [6.45, 7) is 2.98. The molecule has 0 amide bonds. The standard InChI is InChI=1S/C10H13NO/c1-8-6-7-12-10-5-3-2-4-9(10)11-8/h2-5,8,11H,6-7H2,1H3. The van der Waals surface area contributed by atoms with Gasteiger partial charge in [0.25, 0.3) is 0 Å². The van der Waals surface area contributed by atoms with Crippen molar-refractivity contribution in [3.63, 3.8) is 0 Å². The van der Waals surface area contributed by atoms with E-state index in [1.54, 1.807) is 0 Å². The van der Waals surface area contributed by atoms with Crippen LogP contribution in [-0.4, -0.2) is 12.6 Å². The minimum Gasteiger partial charge on any atom is -0.491 e. The maximum atomic E-state index is 5.56. The van der Waals surface area contributed by atoms with E-state index >= 15 is 0 Å². The molecular weight excluding hydrogens is 150 g/mol. The van der Waals surface area contributed by atoms with Crippen molar-refractivity contribution in [3.8, 4) is 5.75 Å². The normalized spacial score (nSPS) is 21.6. The van der Waals surface area contributed by atoms with E-state index in [2.05, 4.69) is 18.3 Å². The number of fused-ring (bicyclic) bond motifs is 1. The van der Waals surface area contributed by atoms with Gasteiger partial charge in [-0.3, -0.25) is 0 Å². The molecule has 0 fully saturated rings. The first kappa shape index (κ1) is 7.47. The predicted octanol–water partition coefficient (Wildman–Crippen LogP) is 2.27. The summed E-state index contributed by atoms with van der Waals surface area (Å²) in [6.07, 6.45) is 1.06. The number of benzene rings is 1. The number of hydrogen-bond donors (Lipinski definition) is 1. The zero-order chi connectivity index (χ0) is 8.39. The third kappa shape index (κ3) is 1.37. The topological polar surface area (TPSA) is 21.3 Å². The summed E-state index contributed by atoms with van der Waals surface area (Å²) in [5, 5.41) is 3.40. The Labute approximate surface area is 72.5 Å². The third-order valence-corrected chi connectivity index (χ3v) is 2.10. The highest BCUT2D eigenvalue weighted by Gasteiger charge is 2.11. The molecule has 1 aromatic rings. The van der Waals surface area contributed by atoms with Crippen molar-refractivity contribution in [2.45, 2.75) is 19.4 Å². The van der Waals surface area contributed by atoms with E-state index in [0.717, 1.165) is 24.5 Å². The first-order valence-electron chi connectivity index (χ1n) is 4.34. The third-order valence-electron chi connectivity index (χ3n) is 2.10. The number of para-hydroxylation sites is 2. The average molecular weight is 163 g/mol. The van der Waals surface area contributed by atoms with Crippen LogP contribution in [0.4, 0.5) is 5.69 Å². The minimum atomic E-state index is 0.508. The van der Waals surface area contributed by atoms with Crippen molar-refractivity contribution in [2.24, 2.45) is 0 Å². The number of rotatable bonds is 0. The van der Waals surface area contributed by atoms with Crippen LogP contribution >= 0.6 is 0 Å². The first-order valence-corrected chi connectivity index (χ1v) is 4.34. The van der Waals surface area contributed by atoms with Crippen LogP contribution in [0.2, 0.25) is 0 Å². The second kappa shape index (κ2) is 3.05. The molecule has 0 radical (unpaired) electrons. The summed E-state index contributed by atoms with van der Waals surface area (Å²) < 4.78 is 5.56. The molecule has 0 spiro atoms. The number of ether oxygens (including phenoxy) is 1. The van der Waals surface area contributed by atoms with Gasteiger partial charge in [-0.15, -0.1) is 0 Å². The van der Waals surface area contributed by atoms with Gasteiger partial charge in [-0.05, 0) is 19.1 Å². The largest absolute Gasteiger partial charge is 0.491 e. The molecule has 0 saturated carbocycles. The van der Waals surface area contributed by atoms with Crippen molar-refractivity contribution in [1.82, 2.24) is 0 Å². The van der Waals surface area contributed by atoms with Crippen LogP contribution in [0, 0.1) is 0 Å². The molecule has 1 N–H and O–H groups in total. The summed E-state index contributed by atoms with van der Waals surface area (Å²) in [5.41, 5.74) is 1.11. The molecule has 1 aromatic carbocycles. The maximum Gasteiger partial charge on any atom is 0.142 e. The summed E-state index contributed by atoms with van der Waals surface area (Å²) in [7, 11) is 0. The fourth-order valence-corrected chi connectivity index (χ4v) is 1.40. The quantitative estimate of drug-likeness (QED) is 0.633. The molecular formula is C10H13NO. The molecule has 1 atom stereocenters. The fraction of sp³-hybridized carbons (Fsp3) is 0.400. The van der Waals surface area contributed by atoms with Crippen molar-refractivity contribution < 1.29 is 4.74 Å². The summed E-state index contributed by atoms with van der Waals surface area (Å²) >= 11 is 0. The maximum absolute atomic E-state index is 5.56. The van der Waals surface area contributed by atoms with Gasteiger partial charge in [-0.2, -0.15) is 0 Å². The van der Waals surface area contributed by atoms with Gasteiger partial charge in [0.2, 0.25) is 0 Å². The highest BCUT2D eigenvalue weighted by Crippen LogP contribution is 2.27. The molecule has 1 unspecified atom stereocenters. The van der Waals surface area contributed by atoms with E-state index in [9.17, 15) is 0 Å². The van der Waals surface area contributed by atoms with E-state index in [1.807, 2.05) is 18.2 Å². The Kier molecular flexibility index (Phi) is 1.90. The van der Waals surface area contributed by atoms with Crippen LogP contribution in [0.3, 0.4) is 0 Å². The average Bonchev–Trinajstić information content (AvgIpc) is 2.25. The van der Waals surface area contributed by atoms with Gasteiger partial charge in [-0.25, -0.2) is 0 Å².